The van der Waals surface area contributed by atoms with Gasteiger partial charge in [0.1, 0.15) is 10.8 Å². The number of oxazole rings is 1. The smallest absolute Gasteiger partial charge is 0.209 e. The molecule has 0 radical (unpaired) electrons. The van der Waals surface area contributed by atoms with Crippen LogP contribution in [0, 0.1) is 5.82 Å². The van der Waals surface area contributed by atoms with E-state index in [1.54, 1.807) is 29.7 Å². The van der Waals surface area contributed by atoms with Crippen molar-refractivity contribution in [3.8, 4) is 11.3 Å². The lowest BCUT2D eigenvalue weighted by atomic mass is 10.2. The van der Waals surface area contributed by atoms with Gasteiger partial charge in [-0.05, 0) is 43.4 Å². The minimum absolute atomic E-state index is 0.265. The average Bonchev–Trinajstić information content (AvgIpc) is 3.21. The van der Waals surface area contributed by atoms with Gasteiger partial charge in [0, 0.05) is 5.56 Å². The van der Waals surface area contributed by atoms with Crippen LogP contribution >= 0.6 is 11.3 Å². The number of halogens is 1. The lowest BCUT2D eigenvalue weighted by Crippen LogP contribution is -2.17. The fraction of sp³-hybridized carbons (Fsp3) is 0.158. The Morgan fingerprint density at radius 1 is 1.08 bits per heavy atom. The highest BCUT2D eigenvalue weighted by molar-refractivity contribution is 7.18. The third kappa shape index (κ3) is 3.60. The number of benzene rings is 2. The molecular formula is C19H16FN3OS. The lowest BCUT2D eigenvalue weighted by Gasteiger charge is -2.12. The van der Waals surface area contributed by atoms with Crippen molar-refractivity contribution >= 4 is 21.6 Å². The molecule has 0 fully saturated rings. The van der Waals surface area contributed by atoms with E-state index < -0.39 is 0 Å². The summed E-state index contributed by atoms with van der Waals surface area (Å²) in [6.07, 6.45) is 1.67. The summed E-state index contributed by atoms with van der Waals surface area (Å²) in [4.78, 5) is 11.1. The Morgan fingerprint density at radius 3 is 2.68 bits per heavy atom. The van der Waals surface area contributed by atoms with Crippen LogP contribution in [0.4, 0.5) is 4.39 Å². The number of rotatable bonds is 5. The zero-order chi connectivity index (χ0) is 17.2. The maximum Gasteiger partial charge on any atom is 0.209 e. The highest BCUT2D eigenvalue weighted by atomic mass is 32.1. The van der Waals surface area contributed by atoms with E-state index in [2.05, 4.69) is 20.9 Å². The van der Waals surface area contributed by atoms with E-state index in [0.29, 0.717) is 18.2 Å². The fourth-order valence-electron chi connectivity index (χ4n) is 2.64. The summed E-state index contributed by atoms with van der Waals surface area (Å²) in [5, 5.41) is 1.06. The van der Waals surface area contributed by atoms with E-state index in [4.69, 9.17) is 4.42 Å². The van der Waals surface area contributed by atoms with Gasteiger partial charge in [0.2, 0.25) is 5.89 Å². The van der Waals surface area contributed by atoms with Crippen molar-refractivity contribution in [2.24, 2.45) is 0 Å². The van der Waals surface area contributed by atoms with Gasteiger partial charge in [0.05, 0.1) is 29.5 Å². The molecule has 0 atom stereocenters. The maximum atomic E-state index is 13.0. The summed E-state index contributed by atoms with van der Waals surface area (Å²) in [5.74, 6) is 1.00. The lowest BCUT2D eigenvalue weighted by molar-refractivity contribution is 0.282. The third-order valence-corrected chi connectivity index (χ3v) is 4.85. The van der Waals surface area contributed by atoms with Gasteiger partial charge in [-0.25, -0.2) is 14.4 Å². The molecule has 0 unspecified atom stereocenters. The standard InChI is InChI=1S/C19H16FN3OS/c1-23(12-19-22-15-4-2-3-5-17(15)25-19)11-18-21-10-16(24-18)13-6-8-14(20)9-7-13/h2-10H,11-12H2,1H3. The van der Waals surface area contributed by atoms with Crippen LogP contribution in [0.3, 0.4) is 0 Å². The third-order valence-electron chi connectivity index (χ3n) is 3.83. The first-order valence-corrected chi connectivity index (χ1v) is 8.73. The molecule has 0 spiro atoms. The second kappa shape index (κ2) is 6.74. The fourth-order valence-corrected chi connectivity index (χ4v) is 3.68. The number of fused-ring (bicyclic) bond motifs is 1. The Bertz CT molecular complexity index is 960. The normalized spacial score (nSPS) is 11.5. The molecule has 0 saturated carbocycles. The van der Waals surface area contributed by atoms with Gasteiger partial charge in [0.15, 0.2) is 5.76 Å². The Kier molecular flexibility index (Phi) is 4.29. The summed E-state index contributed by atoms with van der Waals surface area (Å²) in [6.45, 7) is 1.31. The van der Waals surface area contributed by atoms with Crippen molar-refractivity contribution in [2.45, 2.75) is 13.1 Å². The average molecular weight is 353 g/mol. The second-order valence-electron chi connectivity index (χ2n) is 5.87. The minimum atomic E-state index is -0.265. The van der Waals surface area contributed by atoms with Crippen LogP contribution in [0.2, 0.25) is 0 Å². The Hall–Kier alpha value is -2.57. The zero-order valence-electron chi connectivity index (χ0n) is 13.6. The van der Waals surface area contributed by atoms with Gasteiger partial charge >= 0.3 is 0 Å². The highest BCUT2D eigenvalue weighted by Gasteiger charge is 2.11. The number of aromatic nitrogens is 2. The van der Waals surface area contributed by atoms with E-state index in [0.717, 1.165) is 22.6 Å². The molecular weight excluding hydrogens is 337 g/mol. The molecule has 2 aromatic carbocycles. The van der Waals surface area contributed by atoms with Crippen LogP contribution in [-0.4, -0.2) is 21.9 Å². The molecule has 4 rings (SSSR count). The number of hydrogen-bond donors (Lipinski definition) is 0. The van der Waals surface area contributed by atoms with Gasteiger partial charge in [-0.2, -0.15) is 0 Å². The number of para-hydroxylation sites is 1. The predicted octanol–water partition coefficient (Wildman–Crippen LogP) is 4.72. The van der Waals surface area contributed by atoms with Crippen molar-refractivity contribution in [3.63, 3.8) is 0 Å². The molecule has 0 bridgehead atoms. The van der Waals surface area contributed by atoms with Crippen LogP contribution in [-0.2, 0) is 13.1 Å². The Morgan fingerprint density at radius 2 is 1.88 bits per heavy atom. The van der Waals surface area contributed by atoms with Crippen molar-refractivity contribution in [2.75, 3.05) is 7.05 Å². The summed E-state index contributed by atoms with van der Waals surface area (Å²) < 4.78 is 20.0. The number of nitrogens with zero attached hydrogens (tertiary/aromatic N) is 3. The van der Waals surface area contributed by atoms with Gasteiger partial charge in [0.25, 0.3) is 0 Å². The molecule has 4 aromatic rings. The van der Waals surface area contributed by atoms with Gasteiger partial charge in [-0.15, -0.1) is 11.3 Å². The van der Waals surface area contributed by atoms with Crippen molar-refractivity contribution in [1.29, 1.82) is 0 Å². The maximum absolute atomic E-state index is 13.0. The summed E-state index contributed by atoms with van der Waals surface area (Å²) in [6, 6.07) is 14.3. The minimum Gasteiger partial charge on any atom is -0.439 e. The molecule has 0 aliphatic carbocycles. The van der Waals surface area contributed by atoms with Crippen molar-refractivity contribution in [1.82, 2.24) is 14.9 Å². The van der Waals surface area contributed by atoms with E-state index in [1.165, 1.54) is 16.8 Å². The largest absolute Gasteiger partial charge is 0.439 e. The summed E-state index contributed by atoms with van der Waals surface area (Å²) in [7, 11) is 2.01. The zero-order valence-corrected chi connectivity index (χ0v) is 14.5. The molecule has 0 saturated heterocycles. The number of hydrogen-bond acceptors (Lipinski definition) is 5. The molecule has 0 N–H and O–H groups in total. The molecule has 0 aliphatic rings. The van der Waals surface area contributed by atoms with E-state index in [-0.39, 0.29) is 5.82 Å². The quantitative estimate of drug-likeness (QED) is 0.520. The van der Waals surface area contributed by atoms with Gasteiger partial charge in [-0.3, -0.25) is 4.90 Å². The Balaban J connectivity index is 1.44. The van der Waals surface area contributed by atoms with Crippen LogP contribution in [0.5, 0.6) is 0 Å². The van der Waals surface area contributed by atoms with Crippen LogP contribution in [0.1, 0.15) is 10.9 Å². The first-order chi connectivity index (χ1) is 12.2. The van der Waals surface area contributed by atoms with E-state index >= 15 is 0 Å². The highest BCUT2D eigenvalue weighted by Crippen LogP contribution is 2.24. The first-order valence-electron chi connectivity index (χ1n) is 7.91. The molecule has 2 heterocycles. The molecule has 6 heteroatoms. The van der Waals surface area contributed by atoms with Crippen LogP contribution in [0.25, 0.3) is 21.5 Å². The topological polar surface area (TPSA) is 42.2 Å². The van der Waals surface area contributed by atoms with E-state index in [9.17, 15) is 4.39 Å². The molecule has 25 heavy (non-hydrogen) atoms. The van der Waals surface area contributed by atoms with Gasteiger partial charge < -0.3 is 4.42 Å². The van der Waals surface area contributed by atoms with Crippen molar-refractivity contribution < 1.29 is 8.81 Å². The van der Waals surface area contributed by atoms with Gasteiger partial charge in [-0.1, -0.05) is 12.1 Å². The molecule has 126 valence electrons. The molecule has 0 aliphatic heterocycles. The van der Waals surface area contributed by atoms with Crippen LogP contribution in [0.15, 0.2) is 59.1 Å². The Labute approximate surface area is 148 Å². The second-order valence-corrected chi connectivity index (χ2v) is 6.99. The van der Waals surface area contributed by atoms with E-state index in [1.807, 2.05) is 25.2 Å². The monoisotopic (exact) mass is 353 g/mol. The first kappa shape index (κ1) is 15.9. The molecule has 4 nitrogen and oxygen atoms in total. The SMILES string of the molecule is CN(Cc1ncc(-c2ccc(F)cc2)o1)Cc1nc2ccccc2s1. The summed E-state index contributed by atoms with van der Waals surface area (Å²) in [5.41, 5.74) is 1.85. The molecule has 2 aromatic heterocycles. The summed E-state index contributed by atoms with van der Waals surface area (Å²) >= 11 is 1.70. The van der Waals surface area contributed by atoms with Crippen molar-refractivity contribution in [3.05, 3.63) is 71.4 Å². The van der Waals surface area contributed by atoms with Crippen LogP contribution < -0.4 is 0 Å². The predicted molar refractivity (Wildman–Crippen MR) is 96.7 cm³/mol. The molecule has 0 amide bonds. The number of thiazole rings is 1.